The Kier molecular flexibility index (Phi) is 13.7. The maximum atomic E-state index is 13.1. The zero-order valence-electron chi connectivity index (χ0n) is 24.4. The number of rotatable bonds is 20. The predicted molar refractivity (Wildman–Crippen MR) is 166 cm³/mol. The summed E-state index contributed by atoms with van der Waals surface area (Å²) in [5.74, 6) is -1.02. The summed E-state index contributed by atoms with van der Waals surface area (Å²) in [4.78, 5) is 14.0. The summed E-state index contributed by atoms with van der Waals surface area (Å²) >= 11 is 1.33. The minimum absolute atomic E-state index is 0.317. The molecule has 0 aliphatic carbocycles. The molecule has 1 heterocycles. The smallest absolute Gasteiger partial charge is 0.337 e. The van der Waals surface area contributed by atoms with E-state index in [-0.39, 0.29) is 10.5 Å². The molecule has 41 heavy (non-hydrogen) atoms. The highest BCUT2D eigenvalue weighted by molar-refractivity contribution is 7.89. The number of nitrogens with zero attached hydrogens (tertiary/aromatic N) is 2. The molecule has 0 amide bonds. The van der Waals surface area contributed by atoms with Crippen molar-refractivity contribution in [2.24, 2.45) is 12.1 Å². The van der Waals surface area contributed by atoms with Crippen LogP contribution in [0, 0.1) is 0 Å². The van der Waals surface area contributed by atoms with E-state index in [1.807, 2.05) is 24.3 Å². The third kappa shape index (κ3) is 10.5. The van der Waals surface area contributed by atoms with Crippen LogP contribution in [0.25, 0.3) is 10.2 Å². The van der Waals surface area contributed by atoms with Crippen molar-refractivity contribution in [3.63, 3.8) is 0 Å². The van der Waals surface area contributed by atoms with E-state index < -0.39 is 16.0 Å². The lowest BCUT2D eigenvalue weighted by Gasteiger charge is -2.11. The van der Waals surface area contributed by atoms with Gasteiger partial charge in [0.2, 0.25) is 4.80 Å². The molecule has 0 saturated carbocycles. The van der Waals surface area contributed by atoms with Crippen molar-refractivity contribution in [3.05, 3.63) is 52.8 Å². The Bertz CT molecular complexity index is 1410. The van der Waals surface area contributed by atoms with Gasteiger partial charge in [-0.25, -0.2) is 4.79 Å². The van der Waals surface area contributed by atoms with E-state index in [0.717, 1.165) is 29.5 Å². The number of aryl methyl sites for hydroxylation is 1. The van der Waals surface area contributed by atoms with E-state index in [9.17, 15) is 18.3 Å². The van der Waals surface area contributed by atoms with Gasteiger partial charge in [0, 0.05) is 13.1 Å². The van der Waals surface area contributed by atoms with Gasteiger partial charge in [0.15, 0.2) is 0 Å². The molecule has 0 unspecified atom stereocenters. The number of unbranched alkanes of at least 4 members (excludes halogenated alkanes) is 13. The summed E-state index contributed by atoms with van der Waals surface area (Å²) in [5, 5.41) is 13.7. The number of carboxylic acid groups (broad SMARTS) is 1. The first-order valence-electron chi connectivity index (χ1n) is 14.9. The highest BCUT2D eigenvalue weighted by atomic mass is 32.2. The molecular weight excluding hydrogens is 558 g/mol. The van der Waals surface area contributed by atoms with Gasteiger partial charge in [-0.3, -0.25) is 0 Å². The molecule has 0 saturated heterocycles. The van der Waals surface area contributed by atoms with Crippen LogP contribution >= 0.6 is 11.3 Å². The van der Waals surface area contributed by atoms with Gasteiger partial charge in [0.05, 0.1) is 22.4 Å². The summed E-state index contributed by atoms with van der Waals surface area (Å²) in [6, 6.07) is 11.7. The molecule has 0 aliphatic heterocycles. The van der Waals surface area contributed by atoms with Crippen LogP contribution in [0.3, 0.4) is 0 Å². The maximum Gasteiger partial charge on any atom is 0.337 e. The lowest BCUT2D eigenvalue weighted by molar-refractivity contribution is 0.0692. The number of thiazole rings is 1. The summed E-state index contributed by atoms with van der Waals surface area (Å²) in [6.07, 6.45) is 17.7. The third-order valence-corrected chi connectivity index (χ3v) is 9.58. The topological polar surface area (TPSA) is 110 Å². The first-order chi connectivity index (χ1) is 19.8. The van der Waals surface area contributed by atoms with Gasteiger partial charge in [-0.05, 0) is 30.7 Å². The summed E-state index contributed by atoms with van der Waals surface area (Å²) < 4.78 is 34.7. The van der Waals surface area contributed by atoms with Crippen LogP contribution in [-0.2, 0) is 17.1 Å². The molecular formula is C31H45N3O5S2. The molecule has 3 rings (SSSR count). The number of benzene rings is 2. The second-order valence-corrected chi connectivity index (χ2v) is 13.2. The summed E-state index contributed by atoms with van der Waals surface area (Å²) in [5.41, 5.74) is 0.581. The highest BCUT2D eigenvalue weighted by Gasteiger charge is 2.23. The van der Waals surface area contributed by atoms with Crippen LogP contribution in [0.2, 0.25) is 0 Å². The van der Waals surface area contributed by atoms with Crippen LogP contribution in [0.5, 0.6) is 5.75 Å². The Morgan fingerprint density at radius 3 is 2.07 bits per heavy atom. The quantitative estimate of drug-likeness (QED) is 0.102. The molecule has 0 fully saturated rings. The lowest BCUT2D eigenvalue weighted by Crippen LogP contribution is -2.25. The zero-order valence-corrected chi connectivity index (χ0v) is 26.1. The van der Waals surface area contributed by atoms with E-state index in [0.29, 0.717) is 17.2 Å². The Morgan fingerprint density at radius 1 is 0.902 bits per heavy atom. The van der Waals surface area contributed by atoms with E-state index in [1.165, 1.54) is 100 Å². The molecule has 0 atom stereocenters. The summed E-state index contributed by atoms with van der Waals surface area (Å²) in [6.45, 7) is 2.70. The van der Waals surface area contributed by atoms with Crippen molar-refractivity contribution in [2.75, 3.05) is 6.61 Å². The number of nitrogens with one attached hydrogen (secondary N) is 1. The number of fused-ring (bicyclic) bond motifs is 1. The number of hydrogen-bond acceptors (Lipinski definition) is 6. The van der Waals surface area contributed by atoms with Crippen LogP contribution < -0.4 is 14.4 Å². The van der Waals surface area contributed by atoms with Gasteiger partial charge in [-0.2, -0.15) is 13.2 Å². The van der Waals surface area contributed by atoms with Gasteiger partial charge in [-0.15, -0.1) is 5.10 Å². The van der Waals surface area contributed by atoms with Crippen LogP contribution in [0.15, 0.2) is 52.5 Å². The van der Waals surface area contributed by atoms with Gasteiger partial charge in [-0.1, -0.05) is 114 Å². The van der Waals surface area contributed by atoms with Crippen LogP contribution in [-0.4, -0.2) is 30.7 Å². The molecule has 2 aromatic carbocycles. The number of aromatic carboxylic acids is 1. The van der Waals surface area contributed by atoms with Gasteiger partial charge in [0.25, 0.3) is 10.0 Å². The second-order valence-electron chi connectivity index (χ2n) is 10.5. The molecule has 0 aliphatic rings. The molecule has 0 radical (unpaired) electrons. The number of carboxylic acids is 1. The average Bonchev–Trinajstić information content (AvgIpc) is 3.29. The first kappa shape index (κ1) is 32.7. The van der Waals surface area contributed by atoms with Gasteiger partial charge in [0.1, 0.15) is 10.6 Å². The van der Waals surface area contributed by atoms with Gasteiger partial charge >= 0.3 is 5.97 Å². The van der Waals surface area contributed by atoms with Crippen molar-refractivity contribution < 1.29 is 23.1 Å². The number of hydrogen-bond donors (Lipinski definition) is 2. The van der Waals surface area contributed by atoms with Crippen LogP contribution in [0.4, 0.5) is 0 Å². The molecule has 2 N–H and O–H groups in total. The van der Waals surface area contributed by atoms with Crippen molar-refractivity contribution in [1.29, 1.82) is 0 Å². The SMILES string of the molecule is CCCCCCCCCCCCCCCCOc1ccc(C(=O)O)c(S(=O)(=O)N/N=c2\sc3ccccc3n2C)c1. The fourth-order valence-corrected chi connectivity index (χ4v) is 6.87. The van der Waals surface area contributed by atoms with E-state index >= 15 is 0 Å². The Hall–Kier alpha value is -2.85. The molecule has 10 heteroatoms. The van der Waals surface area contributed by atoms with Crippen molar-refractivity contribution >= 4 is 37.5 Å². The lowest BCUT2D eigenvalue weighted by atomic mass is 10.0. The number of aromatic nitrogens is 1. The average molecular weight is 604 g/mol. The summed E-state index contributed by atoms with van der Waals surface area (Å²) in [7, 11) is -2.46. The fraction of sp³-hybridized carbons (Fsp3) is 0.548. The molecule has 3 aromatic rings. The predicted octanol–water partition coefficient (Wildman–Crippen LogP) is 7.59. The molecule has 0 bridgehead atoms. The number of ether oxygens (including phenoxy) is 1. The monoisotopic (exact) mass is 603 g/mol. The normalized spacial score (nSPS) is 12.2. The highest BCUT2D eigenvalue weighted by Crippen LogP contribution is 2.23. The first-order valence-corrected chi connectivity index (χ1v) is 17.2. The number of sulfonamides is 1. The Morgan fingerprint density at radius 2 is 1.49 bits per heavy atom. The van der Waals surface area contributed by atoms with Crippen molar-refractivity contribution in [3.8, 4) is 5.75 Å². The van der Waals surface area contributed by atoms with Crippen molar-refractivity contribution in [2.45, 2.75) is 102 Å². The minimum atomic E-state index is -4.25. The third-order valence-electron chi connectivity index (χ3n) is 7.22. The number of para-hydroxylation sites is 1. The fourth-order valence-electron chi connectivity index (χ4n) is 4.81. The van der Waals surface area contributed by atoms with E-state index in [4.69, 9.17) is 4.74 Å². The second kappa shape index (κ2) is 17.2. The largest absolute Gasteiger partial charge is 0.494 e. The zero-order chi connectivity index (χ0) is 29.5. The maximum absolute atomic E-state index is 13.1. The molecule has 8 nitrogen and oxygen atoms in total. The van der Waals surface area contributed by atoms with Crippen molar-refractivity contribution in [1.82, 2.24) is 9.40 Å². The van der Waals surface area contributed by atoms with Gasteiger partial charge < -0.3 is 14.4 Å². The standard InChI is InChI=1S/C31H45N3O5S2/c1-3-4-5-6-7-8-9-10-11-12-13-14-15-18-23-39-25-21-22-26(30(35)36)29(24-25)41(37,38)33-32-31-34(2)27-19-16-17-20-28(27)40-31/h16-17,19-22,24,33H,3-15,18,23H2,1-2H3,(H,35,36)/b32-31-. The Balaban J connectivity index is 1.44. The minimum Gasteiger partial charge on any atom is -0.494 e. The van der Waals surface area contributed by atoms with Crippen LogP contribution in [0.1, 0.15) is 107 Å². The number of carbonyl (C=O) groups is 1. The molecule has 1 aromatic heterocycles. The van der Waals surface area contributed by atoms with E-state index in [1.54, 1.807) is 11.6 Å². The molecule has 0 spiro atoms. The Labute approximate surface area is 248 Å². The van der Waals surface area contributed by atoms with E-state index in [2.05, 4.69) is 16.9 Å². The molecule has 226 valence electrons.